The van der Waals surface area contributed by atoms with Gasteiger partial charge in [-0.25, -0.2) is 9.37 Å². The highest BCUT2D eigenvalue weighted by Gasteiger charge is 2.32. The summed E-state index contributed by atoms with van der Waals surface area (Å²) in [5.41, 5.74) is -0.384. The third-order valence-electron chi connectivity index (χ3n) is 2.51. The molecule has 2 aromatic rings. The van der Waals surface area contributed by atoms with Crippen LogP contribution in [-0.2, 0) is 12.7 Å². The van der Waals surface area contributed by atoms with E-state index in [0.29, 0.717) is 10.0 Å². The van der Waals surface area contributed by atoms with Crippen molar-refractivity contribution in [2.75, 3.05) is 5.32 Å². The number of anilines is 1. The van der Waals surface area contributed by atoms with Crippen LogP contribution in [0.3, 0.4) is 0 Å². The molecule has 2 rings (SSSR count). The Balaban J connectivity index is 2.13. The third-order valence-corrected chi connectivity index (χ3v) is 3.28. The van der Waals surface area contributed by atoms with Gasteiger partial charge in [0.1, 0.15) is 17.3 Å². The van der Waals surface area contributed by atoms with Crippen LogP contribution in [0.5, 0.6) is 0 Å². The fourth-order valence-corrected chi connectivity index (χ4v) is 1.94. The summed E-state index contributed by atoms with van der Waals surface area (Å²) in [6.07, 6.45) is -4.49. The highest BCUT2D eigenvalue weighted by atomic mass is 79.9. The summed E-state index contributed by atoms with van der Waals surface area (Å²) in [4.78, 5) is 3.47. The lowest BCUT2D eigenvalue weighted by atomic mass is 10.2. The Bertz CT molecular complexity index is 614. The zero-order valence-electron chi connectivity index (χ0n) is 10.0. The van der Waals surface area contributed by atoms with Crippen LogP contribution in [-0.4, -0.2) is 4.98 Å². The van der Waals surface area contributed by atoms with E-state index >= 15 is 0 Å². The first-order chi connectivity index (χ1) is 9.36. The maximum absolute atomic E-state index is 13.1. The molecule has 0 radical (unpaired) electrons. The number of hydrogen-bond donors (Lipinski definition) is 1. The van der Waals surface area contributed by atoms with Gasteiger partial charge in [-0.15, -0.1) is 0 Å². The number of nitrogens with zero attached hydrogens (tertiary/aromatic N) is 1. The molecule has 2 nitrogen and oxygen atoms in total. The van der Waals surface area contributed by atoms with Crippen molar-refractivity contribution < 1.29 is 17.6 Å². The predicted octanol–water partition coefficient (Wildman–Crippen LogP) is 4.61. The molecule has 0 aliphatic rings. The molecule has 1 heterocycles. The average Bonchev–Trinajstić information content (AvgIpc) is 2.39. The number of aromatic nitrogens is 1. The zero-order valence-corrected chi connectivity index (χ0v) is 11.6. The second-order valence-electron chi connectivity index (χ2n) is 4.00. The molecule has 0 aliphatic heterocycles. The van der Waals surface area contributed by atoms with Crippen molar-refractivity contribution in [2.45, 2.75) is 12.7 Å². The predicted molar refractivity (Wildman–Crippen MR) is 70.7 cm³/mol. The van der Waals surface area contributed by atoms with Crippen molar-refractivity contribution in [1.82, 2.24) is 4.98 Å². The minimum Gasteiger partial charge on any atom is -0.366 e. The van der Waals surface area contributed by atoms with Gasteiger partial charge in [0.15, 0.2) is 0 Å². The molecule has 0 amide bonds. The maximum Gasteiger partial charge on any atom is 0.433 e. The molecule has 20 heavy (non-hydrogen) atoms. The summed E-state index contributed by atoms with van der Waals surface area (Å²) < 4.78 is 51.2. The van der Waals surface area contributed by atoms with Crippen LogP contribution >= 0.6 is 15.9 Å². The van der Waals surface area contributed by atoms with Gasteiger partial charge in [-0.05, 0) is 35.9 Å². The summed E-state index contributed by atoms with van der Waals surface area (Å²) >= 11 is 3.24. The molecule has 0 spiro atoms. The topological polar surface area (TPSA) is 24.9 Å². The van der Waals surface area contributed by atoms with Crippen LogP contribution < -0.4 is 5.32 Å². The second-order valence-corrected chi connectivity index (χ2v) is 4.85. The molecule has 0 saturated carbocycles. The van der Waals surface area contributed by atoms with Gasteiger partial charge in [-0.2, -0.15) is 13.2 Å². The van der Waals surface area contributed by atoms with Crippen molar-refractivity contribution in [3.05, 3.63) is 57.9 Å². The van der Waals surface area contributed by atoms with E-state index in [9.17, 15) is 17.6 Å². The van der Waals surface area contributed by atoms with E-state index in [1.54, 1.807) is 0 Å². The van der Waals surface area contributed by atoms with Crippen molar-refractivity contribution in [3.8, 4) is 0 Å². The molecule has 0 fully saturated rings. The largest absolute Gasteiger partial charge is 0.433 e. The van der Waals surface area contributed by atoms with E-state index in [1.807, 2.05) is 0 Å². The van der Waals surface area contributed by atoms with E-state index in [2.05, 4.69) is 26.2 Å². The number of hydrogen-bond acceptors (Lipinski definition) is 2. The summed E-state index contributed by atoms with van der Waals surface area (Å²) in [6.45, 7) is 0.159. The Kier molecular flexibility index (Phi) is 4.27. The van der Waals surface area contributed by atoms with Crippen LogP contribution in [0.2, 0.25) is 0 Å². The minimum atomic E-state index is -4.49. The molecular weight excluding hydrogens is 340 g/mol. The first kappa shape index (κ1) is 14.8. The van der Waals surface area contributed by atoms with Gasteiger partial charge >= 0.3 is 6.18 Å². The lowest BCUT2D eigenvalue weighted by molar-refractivity contribution is -0.141. The second kappa shape index (κ2) is 5.78. The van der Waals surface area contributed by atoms with Crippen LogP contribution in [0.1, 0.15) is 11.3 Å². The summed E-state index contributed by atoms with van der Waals surface area (Å²) in [6, 6.07) is 7.69. The summed E-state index contributed by atoms with van der Waals surface area (Å²) in [7, 11) is 0. The zero-order chi connectivity index (χ0) is 14.8. The molecule has 1 N–H and O–H groups in total. The Morgan fingerprint density at radius 1 is 1.15 bits per heavy atom. The molecule has 7 heteroatoms. The maximum atomic E-state index is 13.1. The molecule has 0 saturated heterocycles. The Morgan fingerprint density at radius 2 is 1.90 bits per heavy atom. The van der Waals surface area contributed by atoms with Gasteiger partial charge < -0.3 is 5.32 Å². The lowest BCUT2D eigenvalue weighted by Crippen LogP contribution is -2.10. The van der Waals surface area contributed by atoms with E-state index < -0.39 is 17.7 Å². The number of halogens is 5. The number of nitrogens with one attached hydrogen (secondary N) is 1. The SMILES string of the molecule is Fc1ccc(Br)c(CNc2cccc(C(F)(F)F)n2)c1. The van der Waals surface area contributed by atoms with Crippen LogP contribution in [0.15, 0.2) is 40.9 Å². The van der Waals surface area contributed by atoms with E-state index in [0.717, 1.165) is 6.07 Å². The van der Waals surface area contributed by atoms with E-state index in [1.165, 1.54) is 30.3 Å². The van der Waals surface area contributed by atoms with Gasteiger partial charge in [-0.1, -0.05) is 22.0 Å². The molecule has 0 unspecified atom stereocenters. The molecular formula is C13H9BrF4N2. The molecule has 1 aromatic heterocycles. The van der Waals surface area contributed by atoms with Crippen LogP contribution in [0.25, 0.3) is 0 Å². The highest BCUT2D eigenvalue weighted by molar-refractivity contribution is 9.10. The Labute approximate surface area is 121 Å². The number of pyridine rings is 1. The molecule has 0 bridgehead atoms. The quantitative estimate of drug-likeness (QED) is 0.819. The molecule has 0 aliphatic carbocycles. The third kappa shape index (κ3) is 3.69. The van der Waals surface area contributed by atoms with Gasteiger partial charge in [-0.3, -0.25) is 0 Å². The van der Waals surface area contributed by atoms with Crippen LogP contribution in [0.4, 0.5) is 23.4 Å². The van der Waals surface area contributed by atoms with Gasteiger partial charge in [0, 0.05) is 11.0 Å². The molecule has 0 atom stereocenters. The van der Waals surface area contributed by atoms with Crippen molar-refractivity contribution >= 4 is 21.7 Å². The fourth-order valence-electron chi connectivity index (χ4n) is 1.56. The first-order valence-corrected chi connectivity index (χ1v) is 6.37. The number of rotatable bonds is 3. The monoisotopic (exact) mass is 348 g/mol. The molecule has 1 aromatic carbocycles. The first-order valence-electron chi connectivity index (χ1n) is 5.58. The van der Waals surface area contributed by atoms with Gasteiger partial charge in [0.25, 0.3) is 0 Å². The average molecular weight is 349 g/mol. The van der Waals surface area contributed by atoms with E-state index in [-0.39, 0.29) is 12.4 Å². The van der Waals surface area contributed by atoms with Crippen LogP contribution in [0, 0.1) is 5.82 Å². The lowest BCUT2D eigenvalue weighted by Gasteiger charge is -2.10. The normalized spacial score (nSPS) is 11.4. The van der Waals surface area contributed by atoms with Gasteiger partial charge in [0.05, 0.1) is 0 Å². The fraction of sp³-hybridized carbons (Fsp3) is 0.154. The van der Waals surface area contributed by atoms with Crippen molar-refractivity contribution in [2.24, 2.45) is 0 Å². The molecule has 106 valence electrons. The van der Waals surface area contributed by atoms with Gasteiger partial charge in [0.2, 0.25) is 0 Å². The smallest absolute Gasteiger partial charge is 0.366 e. The van der Waals surface area contributed by atoms with Crippen molar-refractivity contribution in [1.29, 1.82) is 0 Å². The highest BCUT2D eigenvalue weighted by Crippen LogP contribution is 2.28. The standard InChI is InChI=1S/C13H9BrF4N2/c14-10-5-4-9(15)6-8(10)7-19-12-3-1-2-11(20-12)13(16,17)18/h1-6H,7H2,(H,19,20). The number of benzene rings is 1. The minimum absolute atomic E-state index is 0.0796. The summed E-state index contributed by atoms with van der Waals surface area (Å²) in [5.74, 6) is -0.335. The Morgan fingerprint density at radius 3 is 2.60 bits per heavy atom. The number of alkyl halides is 3. The summed E-state index contributed by atoms with van der Waals surface area (Å²) in [5, 5.41) is 2.73. The Hall–Kier alpha value is -1.63. The van der Waals surface area contributed by atoms with Crippen molar-refractivity contribution in [3.63, 3.8) is 0 Å². The van der Waals surface area contributed by atoms with E-state index in [4.69, 9.17) is 0 Å².